The molecule has 1 aliphatic heterocycles. The number of rotatable bonds is 11. The van der Waals surface area contributed by atoms with Crippen LogP contribution in [0.4, 0.5) is 35.1 Å². The second-order valence-electron chi connectivity index (χ2n) is 12.7. The lowest BCUT2D eigenvalue weighted by Crippen LogP contribution is -2.47. The first-order valence-electron chi connectivity index (χ1n) is 15.9. The zero-order valence-electron chi connectivity index (χ0n) is 27.2. The van der Waals surface area contributed by atoms with E-state index in [9.17, 15) is 44.7 Å². The number of halogens is 8. The van der Waals surface area contributed by atoms with E-state index < -0.39 is 92.3 Å². The van der Waals surface area contributed by atoms with Crippen molar-refractivity contribution in [2.45, 2.75) is 82.7 Å². The maximum absolute atomic E-state index is 14.1. The lowest BCUT2D eigenvalue weighted by atomic mass is 9.81. The van der Waals surface area contributed by atoms with Gasteiger partial charge in [0.1, 0.15) is 5.71 Å². The molecule has 4 N–H and O–H groups in total. The fraction of sp³-hybridized carbons (Fsp3) is 0.645. The molecule has 2 aromatic rings. The van der Waals surface area contributed by atoms with Crippen LogP contribution < -0.4 is 16.4 Å². The summed E-state index contributed by atoms with van der Waals surface area (Å²) >= 11 is 0. The number of alkyl halides is 8. The van der Waals surface area contributed by atoms with Crippen LogP contribution in [-0.2, 0) is 16.0 Å². The van der Waals surface area contributed by atoms with Gasteiger partial charge in [-0.2, -0.15) is 31.4 Å². The van der Waals surface area contributed by atoms with Crippen LogP contribution in [0, 0.1) is 17.8 Å². The van der Waals surface area contributed by atoms with E-state index in [-0.39, 0.29) is 54.1 Å². The second-order valence-corrected chi connectivity index (χ2v) is 12.7. The topological polar surface area (TPSA) is 130 Å². The van der Waals surface area contributed by atoms with E-state index in [0.29, 0.717) is 0 Å². The van der Waals surface area contributed by atoms with Gasteiger partial charge >= 0.3 is 12.4 Å². The van der Waals surface area contributed by atoms with Gasteiger partial charge in [0, 0.05) is 44.3 Å². The van der Waals surface area contributed by atoms with E-state index in [2.05, 4.69) is 25.7 Å². The Morgan fingerprint density at radius 2 is 1.92 bits per heavy atom. The van der Waals surface area contributed by atoms with E-state index in [1.165, 1.54) is 36.8 Å². The maximum atomic E-state index is 14.1. The van der Waals surface area contributed by atoms with Gasteiger partial charge < -0.3 is 16.4 Å². The molecule has 1 saturated heterocycles. The first kappa shape index (κ1) is 38.0. The normalized spacial score (nSPS) is 22.4. The molecule has 4 atom stereocenters. The Morgan fingerprint density at radius 3 is 2.51 bits per heavy atom. The van der Waals surface area contributed by atoms with Crippen molar-refractivity contribution in [3.8, 4) is 0 Å². The third kappa shape index (κ3) is 9.66. The predicted octanol–water partition coefficient (Wildman–Crippen LogP) is 5.06. The molecular formula is C31H40F8N8O2. The molecule has 4 rings (SSSR count). The summed E-state index contributed by atoms with van der Waals surface area (Å²) in [4.78, 5) is 35.7. The molecule has 49 heavy (non-hydrogen) atoms. The zero-order chi connectivity index (χ0) is 36.3. The number of nitrogens with zero attached hydrogens (tertiary/aromatic N) is 5. The molecule has 0 spiro atoms. The summed E-state index contributed by atoms with van der Waals surface area (Å²) in [6, 6.07) is -0.431. The van der Waals surface area contributed by atoms with Crippen LogP contribution >= 0.6 is 0 Å². The summed E-state index contributed by atoms with van der Waals surface area (Å²) in [5, 5.41) is 9.64. The first-order valence-corrected chi connectivity index (χ1v) is 15.9. The van der Waals surface area contributed by atoms with Gasteiger partial charge in [-0.15, -0.1) is 0 Å². The Hall–Kier alpha value is -3.83. The average molecular weight is 709 g/mol. The number of piperidine rings is 1. The van der Waals surface area contributed by atoms with Gasteiger partial charge in [-0.05, 0) is 70.0 Å². The van der Waals surface area contributed by atoms with Crippen LogP contribution in [0.5, 0.6) is 0 Å². The van der Waals surface area contributed by atoms with E-state index in [0.717, 1.165) is 11.1 Å². The first-order chi connectivity index (χ1) is 22.8. The van der Waals surface area contributed by atoms with Crippen LogP contribution in [0.15, 0.2) is 29.5 Å². The number of nitrogens with two attached hydrogens (primary N) is 1. The van der Waals surface area contributed by atoms with Crippen molar-refractivity contribution in [2.24, 2.45) is 28.5 Å². The Bertz CT molecular complexity index is 1540. The van der Waals surface area contributed by atoms with Crippen molar-refractivity contribution in [2.75, 3.05) is 26.7 Å². The minimum absolute atomic E-state index is 0.00736. The number of aliphatic imine (C=N–C) groups is 1. The Labute approximate surface area is 277 Å². The monoisotopic (exact) mass is 708 g/mol. The molecule has 2 fully saturated rings. The van der Waals surface area contributed by atoms with Crippen molar-refractivity contribution in [1.82, 2.24) is 30.1 Å². The molecular weight excluding hydrogens is 668 g/mol. The van der Waals surface area contributed by atoms with E-state index in [1.807, 2.05) is 0 Å². The van der Waals surface area contributed by atoms with E-state index in [1.54, 1.807) is 6.92 Å². The van der Waals surface area contributed by atoms with Crippen LogP contribution in [0.25, 0.3) is 5.65 Å². The third-order valence-electron chi connectivity index (χ3n) is 9.14. The quantitative estimate of drug-likeness (QED) is 0.221. The Morgan fingerprint density at radius 1 is 1.24 bits per heavy atom. The molecule has 272 valence electrons. The highest BCUT2D eigenvalue weighted by Crippen LogP contribution is 2.42. The molecule has 3 heterocycles. The number of fused-ring (bicyclic) bond motifs is 1. The molecule has 0 bridgehead atoms. The largest absolute Gasteiger partial charge is 0.405 e. The Kier molecular flexibility index (Phi) is 11.6. The second kappa shape index (κ2) is 15.0. The SMILES string of the molecule is CCN=C(C=CN)C(=O)N[C@H](c1cn2nc(C[C@H]3C[C@@H](C(F)(F)F)CNC3=O)c([C@@H](C)N(C)CC(F)(F)F)cc2n1)C1CCC(F)(F)CC1. The van der Waals surface area contributed by atoms with Gasteiger partial charge in [-0.3, -0.25) is 19.5 Å². The molecule has 2 aromatic heterocycles. The van der Waals surface area contributed by atoms with Gasteiger partial charge in [0.2, 0.25) is 11.8 Å². The summed E-state index contributed by atoms with van der Waals surface area (Å²) in [5.74, 6) is -7.61. The highest BCUT2D eigenvalue weighted by Gasteiger charge is 2.45. The van der Waals surface area contributed by atoms with E-state index >= 15 is 0 Å². The van der Waals surface area contributed by atoms with Gasteiger partial charge in [-0.1, -0.05) is 0 Å². The number of amides is 2. The highest BCUT2D eigenvalue weighted by atomic mass is 19.4. The van der Waals surface area contributed by atoms with Crippen LogP contribution in [0.1, 0.15) is 75.0 Å². The summed E-state index contributed by atoms with van der Waals surface area (Å²) < 4.78 is 110. The molecule has 1 saturated carbocycles. The lowest BCUT2D eigenvalue weighted by Gasteiger charge is -2.33. The number of hydrogen-bond donors (Lipinski definition) is 3. The van der Waals surface area contributed by atoms with Crippen molar-refractivity contribution in [1.29, 1.82) is 0 Å². The number of hydrogen-bond acceptors (Lipinski definition) is 7. The van der Waals surface area contributed by atoms with Crippen LogP contribution in [0.3, 0.4) is 0 Å². The maximum Gasteiger partial charge on any atom is 0.401 e. The smallest absolute Gasteiger partial charge is 0.401 e. The highest BCUT2D eigenvalue weighted by molar-refractivity contribution is 6.43. The fourth-order valence-corrected chi connectivity index (χ4v) is 6.39. The van der Waals surface area contributed by atoms with E-state index in [4.69, 9.17) is 5.73 Å². The fourth-order valence-electron chi connectivity index (χ4n) is 6.39. The number of aromatic nitrogens is 3. The summed E-state index contributed by atoms with van der Waals surface area (Å²) in [5.41, 5.74) is 6.12. The standard InChI is InChI=1S/C31H40F8N8O2/c1-4-41-22(7-10-40)28(49)44-26(18-5-8-29(32,33)9-6-18)24-15-47-25(43-24)13-21(17(2)46(3)16-30(34,35)36)23(45-47)12-19-11-20(31(37,38)39)14-42-27(19)48/h7,10,13,15,17-20,26H,4-6,8-9,11-12,14,16,40H2,1-3H3,(H,42,48)(H,44,49)/t17-,19-,20-,26+/m1/s1. The minimum atomic E-state index is -4.57. The molecule has 0 radical (unpaired) electrons. The Balaban J connectivity index is 1.78. The van der Waals surface area contributed by atoms with Crippen molar-refractivity contribution in [3.63, 3.8) is 0 Å². The van der Waals surface area contributed by atoms with Gasteiger partial charge in [0.05, 0.1) is 36.1 Å². The number of carbonyl (C=O) groups excluding carboxylic acids is 2. The minimum Gasteiger partial charge on any atom is -0.405 e. The molecule has 0 aromatic carbocycles. The molecule has 0 unspecified atom stereocenters. The van der Waals surface area contributed by atoms with Crippen molar-refractivity contribution >= 4 is 23.2 Å². The van der Waals surface area contributed by atoms with Crippen LogP contribution in [0.2, 0.25) is 0 Å². The lowest BCUT2D eigenvalue weighted by molar-refractivity contribution is -0.183. The number of imidazole rings is 1. The number of carbonyl (C=O) groups is 2. The molecule has 2 aliphatic rings. The van der Waals surface area contributed by atoms with Crippen molar-refractivity contribution in [3.05, 3.63) is 41.5 Å². The molecule has 2 amide bonds. The average Bonchev–Trinajstić information content (AvgIpc) is 3.41. The molecule has 1 aliphatic carbocycles. The number of nitrogens with one attached hydrogen (secondary N) is 2. The summed E-state index contributed by atoms with van der Waals surface area (Å²) in [6.07, 6.45) is -6.89. The third-order valence-corrected chi connectivity index (χ3v) is 9.14. The summed E-state index contributed by atoms with van der Waals surface area (Å²) in [6.45, 7) is 1.53. The van der Waals surface area contributed by atoms with Gasteiger partial charge in [0.25, 0.3) is 5.91 Å². The summed E-state index contributed by atoms with van der Waals surface area (Å²) in [7, 11) is 1.23. The zero-order valence-corrected chi connectivity index (χ0v) is 27.2. The molecule has 10 nitrogen and oxygen atoms in total. The predicted molar refractivity (Wildman–Crippen MR) is 164 cm³/mol. The van der Waals surface area contributed by atoms with Gasteiger partial charge in [-0.25, -0.2) is 18.3 Å². The van der Waals surface area contributed by atoms with Crippen molar-refractivity contribution < 1.29 is 44.7 Å². The van der Waals surface area contributed by atoms with Gasteiger partial charge in [0.15, 0.2) is 5.65 Å². The molecule has 18 heteroatoms. The van der Waals surface area contributed by atoms with Crippen LogP contribution in [-0.4, -0.2) is 82.0 Å².